The number of nitrogens with zero attached hydrogens (tertiary/aromatic N) is 2. The molecule has 5 nitrogen and oxygen atoms in total. The van der Waals surface area contributed by atoms with Crippen LogP contribution < -0.4 is 0 Å². The first-order valence-corrected chi connectivity index (χ1v) is 8.54. The third-order valence-electron chi connectivity index (χ3n) is 4.92. The highest BCUT2D eigenvalue weighted by Crippen LogP contribution is 2.24. The van der Waals surface area contributed by atoms with E-state index >= 15 is 0 Å². The zero-order valence-corrected chi connectivity index (χ0v) is 13.8. The molecule has 1 aromatic heterocycles. The maximum Gasteiger partial charge on any atom is 0.256 e. The first kappa shape index (κ1) is 15.6. The lowest BCUT2D eigenvalue weighted by atomic mass is 9.88. The van der Waals surface area contributed by atoms with Crippen molar-refractivity contribution in [2.24, 2.45) is 5.92 Å². The standard InChI is InChI=1S/C20H19N3O2/c24-19(14-5-2-1-3-6-14)15-9-11-23(12-10-15)20(25)17-8-4-7-16-13-21-22-18(16)17/h1-8,13,15H,9-12H2,(H,21,22). The fourth-order valence-corrected chi connectivity index (χ4v) is 3.50. The van der Waals surface area contributed by atoms with Gasteiger partial charge in [-0.1, -0.05) is 42.5 Å². The molecule has 0 atom stereocenters. The number of aromatic nitrogens is 2. The number of piperidine rings is 1. The average Bonchev–Trinajstić information content (AvgIpc) is 3.16. The van der Waals surface area contributed by atoms with Crippen LogP contribution in [0.4, 0.5) is 0 Å². The third-order valence-corrected chi connectivity index (χ3v) is 4.92. The second kappa shape index (κ2) is 6.51. The van der Waals surface area contributed by atoms with E-state index in [9.17, 15) is 9.59 Å². The molecule has 2 heterocycles. The van der Waals surface area contributed by atoms with Crippen molar-refractivity contribution in [1.29, 1.82) is 0 Å². The Morgan fingerprint density at radius 3 is 2.52 bits per heavy atom. The van der Waals surface area contributed by atoms with E-state index < -0.39 is 0 Å². The predicted octanol–water partition coefficient (Wildman–Crippen LogP) is 3.30. The summed E-state index contributed by atoms with van der Waals surface area (Å²) in [5.41, 5.74) is 2.17. The van der Waals surface area contributed by atoms with Crippen LogP contribution in [0.15, 0.2) is 54.7 Å². The summed E-state index contributed by atoms with van der Waals surface area (Å²) in [4.78, 5) is 27.3. The largest absolute Gasteiger partial charge is 0.339 e. The fourth-order valence-electron chi connectivity index (χ4n) is 3.50. The molecular weight excluding hydrogens is 314 g/mol. The Labute approximate surface area is 145 Å². The molecule has 0 spiro atoms. The van der Waals surface area contributed by atoms with Gasteiger partial charge in [0, 0.05) is 30.0 Å². The highest BCUT2D eigenvalue weighted by molar-refractivity contribution is 6.05. The zero-order chi connectivity index (χ0) is 17.2. The van der Waals surface area contributed by atoms with Crippen LogP contribution in [0.3, 0.4) is 0 Å². The molecule has 3 aromatic rings. The van der Waals surface area contributed by atoms with Crippen LogP contribution in [0.25, 0.3) is 10.9 Å². The quantitative estimate of drug-likeness (QED) is 0.748. The van der Waals surface area contributed by atoms with Gasteiger partial charge in [-0.3, -0.25) is 14.7 Å². The smallest absolute Gasteiger partial charge is 0.256 e. The van der Waals surface area contributed by atoms with Gasteiger partial charge in [-0.2, -0.15) is 5.10 Å². The molecule has 1 aliphatic rings. The number of aromatic amines is 1. The van der Waals surface area contributed by atoms with Gasteiger partial charge in [0.15, 0.2) is 5.78 Å². The van der Waals surface area contributed by atoms with Gasteiger partial charge in [-0.15, -0.1) is 0 Å². The highest BCUT2D eigenvalue weighted by Gasteiger charge is 2.29. The van der Waals surface area contributed by atoms with Gasteiger partial charge < -0.3 is 4.90 Å². The first-order chi connectivity index (χ1) is 12.2. The molecule has 1 N–H and O–H groups in total. The summed E-state index contributed by atoms with van der Waals surface area (Å²) < 4.78 is 0. The van der Waals surface area contributed by atoms with Crippen LogP contribution in [-0.4, -0.2) is 39.9 Å². The lowest BCUT2D eigenvalue weighted by molar-refractivity contribution is 0.0651. The van der Waals surface area contributed by atoms with Gasteiger partial charge in [0.25, 0.3) is 5.91 Å². The van der Waals surface area contributed by atoms with Crippen molar-refractivity contribution in [3.05, 3.63) is 65.9 Å². The van der Waals surface area contributed by atoms with Gasteiger partial charge in [0.1, 0.15) is 0 Å². The Balaban J connectivity index is 1.46. The molecule has 1 fully saturated rings. The molecule has 25 heavy (non-hydrogen) atoms. The molecule has 0 saturated carbocycles. The monoisotopic (exact) mass is 333 g/mol. The van der Waals surface area contributed by atoms with E-state index in [1.807, 2.05) is 53.4 Å². The second-order valence-corrected chi connectivity index (χ2v) is 6.44. The van der Waals surface area contributed by atoms with E-state index in [0.29, 0.717) is 31.5 Å². The number of carbonyl (C=O) groups is 2. The maximum absolute atomic E-state index is 12.9. The van der Waals surface area contributed by atoms with Gasteiger partial charge in [0.2, 0.25) is 0 Å². The van der Waals surface area contributed by atoms with Crippen molar-refractivity contribution in [1.82, 2.24) is 15.1 Å². The van der Waals surface area contributed by atoms with Crippen LogP contribution >= 0.6 is 0 Å². The Morgan fingerprint density at radius 1 is 1.00 bits per heavy atom. The van der Waals surface area contributed by atoms with E-state index in [2.05, 4.69) is 10.2 Å². The van der Waals surface area contributed by atoms with Crippen LogP contribution in [0.1, 0.15) is 33.6 Å². The van der Waals surface area contributed by atoms with Crippen molar-refractivity contribution < 1.29 is 9.59 Å². The minimum Gasteiger partial charge on any atom is -0.339 e. The molecule has 1 aliphatic heterocycles. The van der Waals surface area contributed by atoms with Crippen LogP contribution in [0.2, 0.25) is 0 Å². The predicted molar refractivity (Wildman–Crippen MR) is 95.5 cm³/mol. The van der Waals surface area contributed by atoms with Gasteiger partial charge in [-0.05, 0) is 18.9 Å². The number of fused-ring (bicyclic) bond motifs is 1. The molecule has 1 saturated heterocycles. The summed E-state index contributed by atoms with van der Waals surface area (Å²) >= 11 is 0. The number of hydrogen-bond acceptors (Lipinski definition) is 3. The molecular formula is C20H19N3O2. The normalized spacial score (nSPS) is 15.4. The van der Waals surface area contributed by atoms with Gasteiger partial charge in [0.05, 0.1) is 17.3 Å². The summed E-state index contributed by atoms with van der Waals surface area (Å²) in [6.07, 6.45) is 3.13. The number of H-pyrrole nitrogens is 1. The maximum atomic E-state index is 12.9. The number of para-hydroxylation sites is 1. The van der Waals surface area contributed by atoms with E-state index in [4.69, 9.17) is 0 Å². The Bertz CT molecular complexity index is 909. The van der Waals surface area contributed by atoms with Crippen molar-refractivity contribution in [3.63, 3.8) is 0 Å². The lowest BCUT2D eigenvalue weighted by Crippen LogP contribution is -2.40. The topological polar surface area (TPSA) is 66.1 Å². The van der Waals surface area contributed by atoms with Gasteiger partial charge in [-0.25, -0.2) is 0 Å². The van der Waals surface area contributed by atoms with E-state index in [1.165, 1.54) is 0 Å². The van der Waals surface area contributed by atoms with Crippen LogP contribution in [0, 0.1) is 5.92 Å². The van der Waals surface area contributed by atoms with Crippen molar-refractivity contribution in [3.8, 4) is 0 Å². The SMILES string of the molecule is O=C(c1ccccc1)C1CCN(C(=O)c2cccc3cn[nH]c23)CC1. The lowest BCUT2D eigenvalue weighted by Gasteiger charge is -2.31. The minimum absolute atomic E-state index is 0.000426. The van der Waals surface area contributed by atoms with E-state index in [-0.39, 0.29) is 17.6 Å². The Morgan fingerprint density at radius 2 is 1.76 bits per heavy atom. The van der Waals surface area contributed by atoms with Crippen LogP contribution in [0.5, 0.6) is 0 Å². The molecule has 0 unspecified atom stereocenters. The van der Waals surface area contributed by atoms with Crippen molar-refractivity contribution >= 4 is 22.6 Å². The molecule has 2 aromatic carbocycles. The summed E-state index contributed by atoms with van der Waals surface area (Å²) in [6, 6.07) is 15.0. The molecule has 126 valence electrons. The molecule has 4 rings (SSSR count). The number of nitrogens with one attached hydrogen (secondary N) is 1. The minimum atomic E-state index is -0.00519. The second-order valence-electron chi connectivity index (χ2n) is 6.44. The number of rotatable bonds is 3. The number of hydrogen-bond donors (Lipinski definition) is 1. The summed E-state index contributed by atoms with van der Waals surface area (Å²) in [7, 11) is 0. The molecule has 5 heteroatoms. The Hall–Kier alpha value is -2.95. The fraction of sp³-hybridized carbons (Fsp3) is 0.250. The number of likely N-dealkylation sites (tertiary alicyclic amines) is 1. The molecule has 1 amide bonds. The van der Waals surface area contributed by atoms with E-state index in [0.717, 1.165) is 16.5 Å². The number of amides is 1. The van der Waals surface area contributed by atoms with Crippen molar-refractivity contribution in [2.75, 3.05) is 13.1 Å². The summed E-state index contributed by atoms with van der Waals surface area (Å²) in [6.45, 7) is 1.21. The van der Waals surface area contributed by atoms with Gasteiger partial charge >= 0.3 is 0 Å². The first-order valence-electron chi connectivity index (χ1n) is 8.54. The molecule has 0 radical (unpaired) electrons. The number of benzene rings is 2. The number of Topliss-reactive ketones (excluding diaryl/α,β-unsaturated/α-hetero) is 1. The molecule has 0 aliphatic carbocycles. The van der Waals surface area contributed by atoms with Crippen LogP contribution in [-0.2, 0) is 0 Å². The number of ketones is 1. The summed E-state index contributed by atoms with van der Waals surface area (Å²) in [5.74, 6) is 0.179. The molecule has 0 bridgehead atoms. The van der Waals surface area contributed by atoms with E-state index in [1.54, 1.807) is 6.20 Å². The number of carbonyl (C=O) groups excluding carboxylic acids is 2. The summed E-state index contributed by atoms with van der Waals surface area (Å²) in [5, 5.41) is 7.85. The highest BCUT2D eigenvalue weighted by atomic mass is 16.2. The Kier molecular flexibility index (Phi) is 4.06. The van der Waals surface area contributed by atoms with Crippen molar-refractivity contribution in [2.45, 2.75) is 12.8 Å². The third kappa shape index (κ3) is 2.93. The zero-order valence-electron chi connectivity index (χ0n) is 13.8. The average molecular weight is 333 g/mol.